The third-order valence-electron chi connectivity index (χ3n) is 22.6. The van der Waals surface area contributed by atoms with Crippen LogP contribution < -0.4 is 0 Å². The van der Waals surface area contributed by atoms with Crippen molar-refractivity contribution in [1.82, 2.24) is 0 Å². The molecule has 0 aliphatic rings. The Labute approximate surface area is 685 Å². The van der Waals surface area contributed by atoms with E-state index in [1.165, 1.54) is 512 Å². The maximum Gasteiger partial charge on any atom is 2.00 e. The number of aryl methyl sites for hydroxylation is 2. The van der Waals surface area contributed by atoms with Crippen LogP contribution in [-0.4, -0.2) is 74.8 Å². The Morgan fingerprint density at radius 3 is 0.369 bits per heavy atom. The van der Waals surface area contributed by atoms with Crippen molar-refractivity contribution in [2.24, 2.45) is 0 Å². The van der Waals surface area contributed by atoms with E-state index in [4.69, 9.17) is 0 Å². The normalized spacial score (nSPS) is 11.8. The molecule has 0 spiro atoms. The zero-order chi connectivity index (χ0) is 73.5. The van der Waals surface area contributed by atoms with Gasteiger partial charge in [0.2, 0.25) is 0 Å². The standard InChI is InChI=1S/2C47H88O3S.Ba/c2*1-2-3-4-5-6-7-8-9-10-11-12-13-14-15-16-17-18-19-20-21-22-23-24-25-26-27-28-29-30-31-32-33-34-35-36-37-38-39-40-41-46-42-44-47(45-43-46)51(48,49)50;/h2*42-45H,2-41H2,1H3,(H,48,49,50);/q;;+2/p-2. The Kier molecular flexibility index (Phi) is 82.6. The molecule has 0 amide bonds. The van der Waals surface area contributed by atoms with Gasteiger partial charge >= 0.3 is 48.9 Å². The first kappa shape index (κ1) is 103. The van der Waals surface area contributed by atoms with Gasteiger partial charge in [0.25, 0.3) is 0 Å². The Morgan fingerprint density at radius 1 is 0.175 bits per heavy atom. The van der Waals surface area contributed by atoms with Crippen molar-refractivity contribution in [3.8, 4) is 0 Å². The molecule has 0 aromatic heterocycles. The Morgan fingerprint density at radius 2 is 0.272 bits per heavy atom. The number of hydrogen-bond acceptors (Lipinski definition) is 6. The fourth-order valence-corrected chi connectivity index (χ4v) is 16.5. The van der Waals surface area contributed by atoms with Crippen LogP contribution in [0.2, 0.25) is 0 Å². The minimum atomic E-state index is -4.33. The Balaban J connectivity index is 0.00000200. The summed E-state index contributed by atoms with van der Waals surface area (Å²) in [6.07, 6.45) is 114. The van der Waals surface area contributed by atoms with Gasteiger partial charge in [0, 0.05) is 0 Å². The molecule has 0 radical (unpaired) electrons. The van der Waals surface area contributed by atoms with E-state index in [1.807, 2.05) is 0 Å². The monoisotopic (exact) mass is 1600 g/mol. The van der Waals surface area contributed by atoms with Crippen LogP contribution in [0.3, 0.4) is 0 Å². The molecule has 2 rings (SSSR count). The molecule has 6 nitrogen and oxygen atoms in total. The molecule has 0 heterocycles. The molecule has 0 bridgehead atoms. The van der Waals surface area contributed by atoms with Gasteiger partial charge in [0.15, 0.2) is 0 Å². The van der Waals surface area contributed by atoms with Gasteiger partial charge in [-0.15, -0.1) is 0 Å². The van der Waals surface area contributed by atoms with Gasteiger partial charge in [0.05, 0.1) is 9.79 Å². The van der Waals surface area contributed by atoms with Crippen molar-refractivity contribution >= 4 is 69.1 Å². The van der Waals surface area contributed by atoms with Crippen molar-refractivity contribution in [2.75, 3.05) is 0 Å². The number of benzene rings is 2. The summed E-state index contributed by atoms with van der Waals surface area (Å²) < 4.78 is 66.1. The Hall–Kier alpha value is -0.169. The van der Waals surface area contributed by atoms with Gasteiger partial charge in [-0.2, -0.15) is 0 Å². The first-order chi connectivity index (χ1) is 50.1. The zero-order valence-electron chi connectivity index (χ0n) is 69.2. The van der Waals surface area contributed by atoms with E-state index in [-0.39, 0.29) is 58.7 Å². The second-order valence-corrected chi connectivity index (χ2v) is 35.3. The molecule has 103 heavy (non-hydrogen) atoms. The van der Waals surface area contributed by atoms with Crippen LogP contribution >= 0.6 is 0 Å². The van der Waals surface area contributed by atoms with Crippen LogP contribution in [0.4, 0.5) is 0 Å². The van der Waals surface area contributed by atoms with Crippen molar-refractivity contribution in [3.05, 3.63) is 59.7 Å². The van der Waals surface area contributed by atoms with Crippen molar-refractivity contribution < 1.29 is 25.9 Å². The first-order valence-corrected chi connectivity index (χ1v) is 49.0. The maximum absolute atomic E-state index is 11.0. The minimum Gasteiger partial charge on any atom is -0.744 e. The van der Waals surface area contributed by atoms with E-state index in [9.17, 15) is 25.9 Å². The number of rotatable bonds is 82. The Bertz CT molecular complexity index is 2010. The second-order valence-electron chi connectivity index (χ2n) is 32.6. The molecule has 0 atom stereocenters. The topological polar surface area (TPSA) is 114 Å². The summed E-state index contributed by atoms with van der Waals surface area (Å²) in [4.78, 5) is -0.263. The molecule has 2 aromatic rings. The smallest absolute Gasteiger partial charge is 0.744 e. The van der Waals surface area contributed by atoms with E-state index in [2.05, 4.69) is 13.8 Å². The summed E-state index contributed by atoms with van der Waals surface area (Å²) in [6.45, 7) is 4.61. The molecule has 0 unspecified atom stereocenters. The van der Waals surface area contributed by atoms with Gasteiger partial charge in [-0.05, 0) is 61.1 Å². The van der Waals surface area contributed by atoms with Crippen LogP contribution in [0.25, 0.3) is 0 Å². The van der Waals surface area contributed by atoms with E-state index >= 15 is 0 Å². The minimum absolute atomic E-state index is 0. The fourth-order valence-electron chi connectivity index (χ4n) is 15.5. The van der Waals surface area contributed by atoms with Crippen LogP contribution in [0.1, 0.15) is 526 Å². The molecule has 9 heteroatoms. The van der Waals surface area contributed by atoms with Crippen molar-refractivity contribution in [1.29, 1.82) is 0 Å². The predicted octanol–water partition coefficient (Wildman–Crippen LogP) is 32.4. The molecule has 0 fully saturated rings. The molecule has 0 aliphatic heterocycles. The summed E-state index contributed by atoms with van der Waals surface area (Å²) in [5.41, 5.74) is 2.23. The van der Waals surface area contributed by atoms with Gasteiger partial charge in [-0.1, -0.05) is 526 Å². The largest absolute Gasteiger partial charge is 2.00 e. The third-order valence-corrected chi connectivity index (χ3v) is 24.3. The van der Waals surface area contributed by atoms with E-state index in [1.54, 1.807) is 24.3 Å². The predicted molar refractivity (Wildman–Crippen MR) is 453 cm³/mol. The van der Waals surface area contributed by atoms with E-state index < -0.39 is 20.2 Å². The molecule has 2 aromatic carbocycles. The fraction of sp³-hybridized carbons (Fsp3) is 0.872. The SMILES string of the molecule is CCCCCCCCCCCCCCCCCCCCCCCCCCCCCCCCCCCCCCCCCc1ccc(S(=O)(=O)[O-])cc1.CCCCCCCCCCCCCCCCCCCCCCCCCCCCCCCCCCCCCCCCCc1ccc(S(=O)(=O)[O-])cc1.[Ba+2]. The molecule has 0 aliphatic carbocycles. The van der Waals surface area contributed by atoms with Gasteiger partial charge in [0.1, 0.15) is 20.2 Å². The summed E-state index contributed by atoms with van der Waals surface area (Å²) in [5.74, 6) is 0. The quantitative estimate of drug-likeness (QED) is 0.0370. The summed E-state index contributed by atoms with van der Waals surface area (Å²) in [6, 6.07) is 12.8. The third kappa shape index (κ3) is 78.3. The van der Waals surface area contributed by atoms with Crippen molar-refractivity contribution in [2.45, 2.75) is 537 Å². The number of unbranched alkanes of at least 4 members (excludes halogenated alkanes) is 76. The average molecular weight is 1600 g/mol. The van der Waals surface area contributed by atoms with Crippen molar-refractivity contribution in [3.63, 3.8) is 0 Å². The van der Waals surface area contributed by atoms with Gasteiger partial charge in [-0.3, -0.25) is 0 Å². The van der Waals surface area contributed by atoms with Crippen LogP contribution in [0, 0.1) is 0 Å². The molecular formula is C94H174BaO6S2. The van der Waals surface area contributed by atoms with E-state index in [0.29, 0.717) is 0 Å². The molecule has 0 saturated carbocycles. The molecule has 600 valence electrons. The number of hydrogen-bond donors (Lipinski definition) is 0. The average Bonchev–Trinajstić information content (AvgIpc) is 0.873. The first-order valence-electron chi connectivity index (χ1n) is 46.2. The van der Waals surface area contributed by atoms with Gasteiger partial charge in [-0.25, -0.2) is 16.8 Å². The summed E-state index contributed by atoms with van der Waals surface area (Å²) >= 11 is 0. The van der Waals surface area contributed by atoms with Crippen LogP contribution in [0.15, 0.2) is 58.3 Å². The van der Waals surface area contributed by atoms with Gasteiger partial charge < -0.3 is 9.11 Å². The maximum atomic E-state index is 11.0. The summed E-state index contributed by atoms with van der Waals surface area (Å²) in [7, 11) is -8.67. The van der Waals surface area contributed by atoms with Crippen LogP contribution in [0.5, 0.6) is 0 Å². The zero-order valence-corrected chi connectivity index (χ0v) is 75.2. The summed E-state index contributed by atoms with van der Waals surface area (Å²) in [5, 5.41) is 0. The molecule has 0 saturated heterocycles. The van der Waals surface area contributed by atoms with E-state index in [0.717, 1.165) is 36.8 Å². The van der Waals surface area contributed by atoms with Crippen LogP contribution in [-0.2, 0) is 33.1 Å². The molecule has 0 N–H and O–H groups in total. The second kappa shape index (κ2) is 82.8. The molecular weight excluding hydrogens is 1430 g/mol.